The van der Waals surface area contributed by atoms with Crippen molar-refractivity contribution in [1.82, 2.24) is 14.8 Å². The zero-order valence-electron chi connectivity index (χ0n) is 5.66. The number of halogens is 1. The van der Waals surface area contributed by atoms with Crippen molar-refractivity contribution >= 4 is 12.4 Å². The molecule has 2 rings (SSSR count). The summed E-state index contributed by atoms with van der Waals surface area (Å²) in [4.78, 5) is 0. The van der Waals surface area contributed by atoms with Gasteiger partial charge >= 0.3 is 0 Å². The Kier molecular flexibility index (Phi) is 2.27. The van der Waals surface area contributed by atoms with Gasteiger partial charge in [0.1, 0.15) is 12.2 Å². The normalized spacial score (nSPS) is 15.6. The van der Waals surface area contributed by atoms with Crippen molar-refractivity contribution in [2.45, 2.75) is 25.8 Å². The van der Waals surface area contributed by atoms with E-state index < -0.39 is 0 Å². The molecule has 56 valence electrons. The molecule has 0 N–H and O–H groups in total. The van der Waals surface area contributed by atoms with E-state index in [4.69, 9.17) is 0 Å². The fourth-order valence-electron chi connectivity index (χ4n) is 1.22. The Morgan fingerprint density at radius 1 is 1.40 bits per heavy atom. The fraction of sp³-hybridized carbons (Fsp3) is 0.667. The van der Waals surface area contributed by atoms with Gasteiger partial charge in [0.05, 0.1) is 0 Å². The molecule has 1 aromatic heterocycles. The first-order chi connectivity index (χ1) is 4.47. The first-order valence-corrected chi connectivity index (χ1v) is 3.33. The Bertz CT molecular complexity index is 188. The third-order valence-corrected chi connectivity index (χ3v) is 1.75. The van der Waals surface area contributed by atoms with Gasteiger partial charge in [0, 0.05) is 13.0 Å². The van der Waals surface area contributed by atoms with E-state index in [1.165, 1.54) is 12.8 Å². The van der Waals surface area contributed by atoms with Crippen LogP contribution in [0.2, 0.25) is 0 Å². The summed E-state index contributed by atoms with van der Waals surface area (Å²) in [5.74, 6) is 1.15. The monoisotopic (exact) mass is 159 g/mol. The van der Waals surface area contributed by atoms with E-state index in [1.807, 2.05) is 6.33 Å². The summed E-state index contributed by atoms with van der Waals surface area (Å²) in [6, 6.07) is 0. The summed E-state index contributed by atoms with van der Waals surface area (Å²) in [6.45, 7) is 1.11. The number of hydrogen-bond donors (Lipinski definition) is 0. The molecule has 0 saturated carbocycles. The summed E-state index contributed by atoms with van der Waals surface area (Å²) in [6.07, 6.45) is 5.48. The molecule has 0 aromatic carbocycles. The van der Waals surface area contributed by atoms with E-state index in [0.717, 1.165) is 18.8 Å². The second-order valence-electron chi connectivity index (χ2n) is 2.40. The molecule has 0 amide bonds. The predicted molar refractivity (Wildman–Crippen MR) is 40.2 cm³/mol. The molecule has 0 spiro atoms. The van der Waals surface area contributed by atoms with Crippen LogP contribution in [0.25, 0.3) is 0 Å². The molecule has 1 aliphatic rings. The van der Waals surface area contributed by atoms with Crippen molar-refractivity contribution in [2.75, 3.05) is 0 Å². The Morgan fingerprint density at radius 2 is 2.30 bits per heavy atom. The molecule has 0 aliphatic carbocycles. The minimum absolute atomic E-state index is 0. The van der Waals surface area contributed by atoms with Crippen LogP contribution in [0, 0.1) is 0 Å². The van der Waals surface area contributed by atoms with Crippen LogP contribution in [0.3, 0.4) is 0 Å². The Labute approximate surface area is 65.9 Å². The van der Waals surface area contributed by atoms with Crippen LogP contribution >= 0.6 is 12.4 Å². The quantitative estimate of drug-likeness (QED) is 0.566. The second kappa shape index (κ2) is 3.01. The number of aryl methyl sites for hydroxylation is 2. The molecule has 0 fully saturated rings. The Balaban J connectivity index is 0.000000500. The minimum Gasteiger partial charge on any atom is -0.318 e. The van der Waals surface area contributed by atoms with Gasteiger partial charge in [-0.25, -0.2) is 0 Å². The number of nitrogens with zero attached hydrogens (tertiary/aromatic N) is 3. The molecule has 0 unspecified atom stereocenters. The van der Waals surface area contributed by atoms with Gasteiger partial charge in [-0.05, 0) is 12.8 Å². The van der Waals surface area contributed by atoms with Crippen molar-refractivity contribution in [3.63, 3.8) is 0 Å². The molecule has 1 aliphatic heterocycles. The lowest BCUT2D eigenvalue weighted by Gasteiger charge is -2.10. The van der Waals surface area contributed by atoms with Crippen molar-refractivity contribution in [1.29, 1.82) is 0 Å². The zero-order valence-corrected chi connectivity index (χ0v) is 6.47. The summed E-state index contributed by atoms with van der Waals surface area (Å²) in [5, 5.41) is 7.79. The van der Waals surface area contributed by atoms with Crippen LogP contribution in [0.15, 0.2) is 6.33 Å². The van der Waals surface area contributed by atoms with Gasteiger partial charge in [-0.1, -0.05) is 0 Å². The number of hydrogen-bond acceptors (Lipinski definition) is 2. The zero-order chi connectivity index (χ0) is 6.10. The third-order valence-electron chi connectivity index (χ3n) is 1.75. The number of aromatic nitrogens is 3. The lowest BCUT2D eigenvalue weighted by atomic mass is 10.2. The SMILES string of the molecule is Cl.c1nnc2n1CCCC2. The van der Waals surface area contributed by atoms with Gasteiger partial charge < -0.3 is 4.57 Å². The molecule has 0 saturated heterocycles. The maximum absolute atomic E-state index is 3.97. The predicted octanol–water partition coefficient (Wildman–Crippen LogP) is 1.04. The van der Waals surface area contributed by atoms with E-state index in [0.29, 0.717) is 0 Å². The fourth-order valence-corrected chi connectivity index (χ4v) is 1.22. The van der Waals surface area contributed by atoms with Gasteiger partial charge in [0.2, 0.25) is 0 Å². The molecule has 4 heteroatoms. The highest BCUT2D eigenvalue weighted by Crippen LogP contribution is 2.09. The van der Waals surface area contributed by atoms with Crippen LogP contribution in [-0.4, -0.2) is 14.8 Å². The van der Waals surface area contributed by atoms with Crippen molar-refractivity contribution in [3.8, 4) is 0 Å². The highest BCUT2D eigenvalue weighted by molar-refractivity contribution is 5.85. The van der Waals surface area contributed by atoms with Crippen LogP contribution < -0.4 is 0 Å². The highest BCUT2D eigenvalue weighted by Gasteiger charge is 2.07. The Hall–Kier alpha value is -0.570. The Morgan fingerprint density at radius 3 is 3.10 bits per heavy atom. The van der Waals surface area contributed by atoms with Crippen molar-refractivity contribution < 1.29 is 0 Å². The van der Waals surface area contributed by atoms with E-state index in [2.05, 4.69) is 14.8 Å². The molecular formula is C6H10ClN3. The summed E-state index contributed by atoms with van der Waals surface area (Å²) in [7, 11) is 0. The van der Waals surface area contributed by atoms with Gasteiger partial charge in [-0.15, -0.1) is 22.6 Å². The molecule has 10 heavy (non-hydrogen) atoms. The second-order valence-corrected chi connectivity index (χ2v) is 2.40. The maximum Gasteiger partial charge on any atom is 0.132 e. The van der Waals surface area contributed by atoms with Gasteiger partial charge in [0.25, 0.3) is 0 Å². The molecular weight excluding hydrogens is 150 g/mol. The van der Waals surface area contributed by atoms with Gasteiger partial charge in [0.15, 0.2) is 0 Å². The van der Waals surface area contributed by atoms with E-state index in [1.54, 1.807) is 0 Å². The van der Waals surface area contributed by atoms with Crippen molar-refractivity contribution in [2.24, 2.45) is 0 Å². The minimum atomic E-state index is 0. The van der Waals surface area contributed by atoms with E-state index in [-0.39, 0.29) is 12.4 Å². The first-order valence-electron chi connectivity index (χ1n) is 3.33. The smallest absolute Gasteiger partial charge is 0.132 e. The summed E-state index contributed by atoms with van der Waals surface area (Å²) >= 11 is 0. The molecule has 0 bridgehead atoms. The van der Waals surface area contributed by atoms with E-state index in [9.17, 15) is 0 Å². The highest BCUT2D eigenvalue weighted by atomic mass is 35.5. The van der Waals surface area contributed by atoms with Crippen LogP contribution in [0.5, 0.6) is 0 Å². The molecule has 0 atom stereocenters. The van der Waals surface area contributed by atoms with Gasteiger partial charge in [-0.2, -0.15) is 0 Å². The standard InChI is InChI=1S/C6H9N3.ClH/c1-2-4-9-5-7-8-6(9)3-1;/h5H,1-4H2;1H. The molecule has 1 aromatic rings. The number of rotatable bonds is 0. The van der Waals surface area contributed by atoms with Crippen molar-refractivity contribution in [3.05, 3.63) is 12.2 Å². The van der Waals surface area contributed by atoms with Crippen LogP contribution in [0.1, 0.15) is 18.7 Å². The van der Waals surface area contributed by atoms with Crippen LogP contribution in [-0.2, 0) is 13.0 Å². The lowest BCUT2D eigenvalue weighted by molar-refractivity contribution is 0.522. The number of fused-ring (bicyclic) bond motifs is 1. The maximum atomic E-state index is 3.97. The first kappa shape index (κ1) is 7.54. The average Bonchev–Trinajstić information content (AvgIpc) is 2.33. The van der Waals surface area contributed by atoms with Gasteiger partial charge in [-0.3, -0.25) is 0 Å². The third kappa shape index (κ3) is 1.14. The summed E-state index contributed by atoms with van der Waals surface area (Å²) in [5.41, 5.74) is 0. The van der Waals surface area contributed by atoms with Crippen LogP contribution in [0.4, 0.5) is 0 Å². The molecule has 0 radical (unpaired) electrons. The molecule has 2 heterocycles. The average molecular weight is 160 g/mol. The van der Waals surface area contributed by atoms with E-state index >= 15 is 0 Å². The largest absolute Gasteiger partial charge is 0.318 e. The topological polar surface area (TPSA) is 30.7 Å². The summed E-state index contributed by atoms with van der Waals surface area (Å²) < 4.78 is 2.13. The molecule has 3 nitrogen and oxygen atoms in total. The lowest BCUT2D eigenvalue weighted by Crippen LogP contribution is -2.08.